The molecular weight excluding hydrogens is 469 g/mol. The summed E-state index contributed by atoms with van der Waals surface area (Å²) in [6.45, 7) is 5.14. The predicted molar refractivity (Wildman–Crippen MR) is 127 cm³/mol. The largest absolute Gasteiger partial charge is 0.372 e. The highest BCUT2D eigenvalue weighted by atomic mass is 35.5. The highest BCUT2D eigenvalue weighted by molar-refractivity contribution is 7.90. The number of halogens is 2. The Bertz CT molecular complexity index is 1190. The van der Waals surface area contributed by atoms with Crippen LogP contribution in [-0.2, 0) is 28.0 Å². The fraction of sp³-hybridized carbons (Fsp3) is 0.208. The summed E-state index contributed by atoms with van der Waals surface area (Å²) in [7, 11) is -4.13. The second kappa shape index (κ2) is 10.5. The van der Waals surface area contributed by atoms with Gasteiger partial charge in [0.15, 0.2) is 0 Å². The van der Waals surface area contributed by atoms with Crippen molar-refractivity contribution in [1.29, 1.82) is 0 Å². The molecule has 3 rings (SSSR count). The molecule has 0 spiro atoms. The molecule has 0 bridgehead atoms. The Balaban J connectivity index is 1.57. The van der Waals surface area contributed by atoms with Gasteiger partial charge in [0.2, 0.25) is 0 Å². The summed E-state index contributed by atoms with van der Waals surface area (Å²) < 4.78 is 32.7. The first-order valence-corrected chi connectivity index (χ1v) is 12.2. The molecule has 0 radical (unpaired) electrons. The molecule has 0 unspecified atom stereocenters. The first-order valence-electron chi connectivity index (χ1n) is 9.93. The van der Waals surface area contributed by atoms with Crippen molar-refractivity contribution < 1.29 is 17.9 Å². The van der Waals surface area contributed by atoms with E-state index >= 15 is 0 Å². The molecule has 0 aliphatic rings. The molecule has 0 fully saturated rings. The van der Waals surface area contributed by atoms with Gasteiger partial charge in [0, 0.05) is 10.6 Å². The maximum Gasteiger partial charge on any atom is 0.265 e. The topological polar surface area (TPSA) is 72.5 Å². The molecule has 8 heteroatoms. The fourth-order valence-corrected chi connectivity index (χ4v) is 4.71. The second-order valence-electron chi connectivity index (χ2n) is 7.60. The quantitative estimate of drug-likeness (QED) is 0.422. The van der Waals surface area contributed by atoms with E-state index in [1.165, 1.54) is 23.8 Å². The summed E-state index contributed by atoms with van der Waals surface area (Å²) in [4.78, 5) is 12.2. The molecular formula is C24H23Cl2NO4S. The lowest BCUT2D eigenvalue weighted by Crippen LogP contribution is -2.30. The number of ether oxygens (including phenoxy) is 1. The number of carbonyl (C=O) groups excluding carboxylic acids is 1. The highest BCUT2D eigenvalue weighted by Gasteiger charge is 2.21. The monoisotopic (exact) mass is 491 g/mol. The maximum atomic E-state index is 12.5. The van der Waals surface area contributed by atoms with Gasteiger partial charge in [0.05, 0.1) is 18.2 Å². The average molecular weight is 492 g/mol. The summed E-state index contributed by atoms with van der Waals surface area (Å²) >= 11 is 11.7. The minimum Gasteiger partial charge on any atom is -0.372 e. The molecule has 5 nitrogen and oxygen atoms in total. The average Bonchev–Trinajstić information content (AvgIpc) is 2.74. The second-order valence-corrected chi connectivity index (χ2v) is 10.1. The Labute approximate surface area is 198 Å². The van der Waals surface area contributed by atoms with Gasteiger partial charge in [0.1, 0.15) is 4.90 Å². The number of hydrogen-bond acceptors (Lipinski definition) is 4. The van der Waals surface area contributed by atoms with Gasteiger partial charge in [-0.2, -0.15) is 0 Å². The van der Waals surface area contributed by atoms with Crippen LogP contribution >= 0.6 is 23.2 Å². The predicted octanol–water partition coefficient (Wildman–Crippen LogP) is 5.95. The number of amides is 1. The zero-order chi connectivity index (χ0) is 23.3. The Kier molecular flexibility index (Phi) is 7.96. The van der Waals surface area contributed by atoms with E-state index in [0.29, 0.717) is 24.2 Å². The maximum absolute atomic E-state index is 12.5. The molecule has 168 valence electrons. The molecule has 0 saturated carbocycles. The molecule has 32 heavy (non-hydrogen) atoms. The van der Waals surface area contributed by atoms with Crippen LogP contribution in [0.25, 0.3) is 0 Å². The van der Waals surface area contributed by atoms with Crippen molar-refractivity contribution in [2.24, 2.45) is 0 Å². The van der Waals surface area contributed by atoms with Crippen molar-refractivity contribution in [3.05, 3.63) is 99.0 Å². The third-order valence-electron chi connectivity index (χ3n) is 4.81. The Morgan fingerprint density at radius 3 is 2.00 bits per heavy atom. The number of sulfonamides is 1. The Hall–Kier alpha value is -2.38. The van der Waals surface area contributed by atoms with Gasteiger partial charge >= 0.3 is 0 Å². The van der Waals surface area contributed by atoms with Crippen molar-refractivity contribution in [1.82, 2.24) is 4.72 Å². The Morgan fingerprint density at radius 1 is 0.906 bits per heavy atom. The van der Waals surface area contributed by atoms with E-state index in [4.69, 9.17) is 27.9 Å². The zero-order valence-corrected chi connectivity index (χ0v) is 20.0. The smallest absolute Gasteiger partial charge is 0.265 e. The molecule has 0 heterocycles. The molecule has 0 saturated heterocycles. The molecule has 0 atom stereocenters. The van der Waals surface area contributed by atoms with E-state index in [1.54, 1.807) is 24.3 Å². The molecule has 3 aromatic rings. The minimum absolute atomic E-state index is 0.0656. The van der Waals surface area contributed by atoms with Crippen molar-refractivity contribution in [3.63, 3.8) is 0 Å². The van der Waals surface area contributed by atoms with E-state index in [9.17, 15) is 13.2 Å². The highest BCUT2D eigenvalue weighted by Crippen LogP contribution is 2.25. The summed E-state index contributed by atoms with van der Waals surface area (Å²) in [6, 6.07) is 18.8. The van der Waals surface area contributed by atoms with Crippen molar-refractivity contribution in [2.75, 3.05) is 0 Å². The van der Waals surface area contributed by atoms with Gasteiger partial charge in [-0.3, -0.25) is 4.79 Å². The van der Waals surface area contributed by atoms with Crippen LogP contribution in [0.3, 0.4) is 0 Å². The van der Waals surface area contributed by atoms with E-state index in [2.05, 4.69) is 38.1 Å². The van der Waals surface area contributed by atoms with Crippen LogP contribution in [0.4, 0.5) is 0 Å². The number of carbonyl (C=O) groups is 1. The number of benzene rings is 3. The third-order valence-corrected chi connectivity index (χ3v) is 6.86. The zero-order valence-electron chi connectivity index (χ0n) is 17.6. The van der Waals surface area contributed by atoms with Gasteiger partial charge in [-0.15, -0.1) is 0 Å². The standard InChI is InChI=1S/C24H23Cl2NO4S/c1-16(2)19-7-3-17(4-8-19)14-31-15-18-5-9-20(10-6-18)24(28)27-32(29,30)23-12-11-21(25)13-22(23)26/h3-13,16H,14-15H2,1-2H3,(H,27,28). The van der Waals surface area contributed by atoms with Crippen LogP contribution in [0, 0.1) is 0 Å². The van der Waals surface area contributed by atoms with Crippen molar-refractivity contribution in [3.8, 4) is 0 Å². The van der Waals surface area contributed by atoms with Crippen LogP contribution in [0.2, 0.25) is 10.0 Å². The first-order chi connectivity index (χ1) is 15.2. The van der Waals surface area contributed by atoms with Gasteiger partial charge < -0.3 is 4.74 Å². The molecule has 0 aliphatic heterocycles. The normalized spacial score (nSPS) is 11.5. The number of hydrogen-bond donors (Lipinski definition) is 1. The SMILES string of the molecule is CC(C)c1ccc(COCc2ccc(C(=O)NS(=O)(=O)c3ccc(Cl)cc3Cl)cc2)cc1. The third kappa shape index (κ3) is 6.33. The van der Waals surface area contributed by atoms with Gasteiger partial charge in [-0.05, 0) is 52.9 Å². The van der Waals surface area contributed by atoms with E-state index in [0.717, 1.165) is 11.1 Å². The molecule has 3 aromatic carbocycles. The van der Waals surface area contributed by atoms with Crippen LogP contribution in [-0.4, -0.2) is 14.3 Å². The van der Waals surface area contributed by atoms with Crippen LogP contribution in [0.1, 0.15) is 46.8 Å². The van der Waals surface area contributed by atoms with Gasteiger partial charge in [-0.1, -0.05) is 73.4 Å². The lowest BCUT2D eigenvalue weighted by Gasteiger charge is -2.10. The Morgan fingerprint density at radius 2 is 1.47 bits per heavy atom. The van der Waals surface area contributed by atoms with Crippen LogP contribution in [0.15, 0.2) is 71.6 Å². The number of nitrogens with one attached hydrogen (secondary N) is 1. The molecule has 0 aromatic heterocycles. The molecule has 1 amide bonds. The van der Waals surface area contributed by atoms with Gasteiger partial charge in [0.25, 0.3) is 15.9 Å². The summed E-state index contributed by atoms with van der Waals surface area (Å²) in [5.41, 5.74) is 3.43. The van der Waals surface area contributed by atoms with Crippen molar-refractivity contribution >= 4 is 39.1 Å². The van der Waals surface area contributed by atoms with Crippen LogP contribution < -0.4 is 4.72 Å². The first kappa shape index (κ1) is 24.3. The molecule has 1 N–H and O–H groups in total. The van der Waals surface area contributed by atoms with E-state index in [-0.39, 0.29) is 15.5 Å². The molecule has 0 aliphatic carbocycles. The lowest BCUT2D eigenvalue weighted by atomic mass is 10.0. The van der Waals surface area contributed by atoms with Crippen molar-refractivity contribution in [2.45, 2.75) is 37.9 Å². The van der Waals surface area contributed by atoms with E-state index in [1.807, 2.05) is 4.72 Å². The van der Waals surface area contributed by atoms with E-state index < -0.39 is 15.9 Å². The number of rotatable bonds is 8. The summed E-state index contributed by atoms with van der Waals surface area (Å²) in [6.07, 6.45) is 0. The minimum atomic E-state index is -4.13. The fourth-order valence-electron chi connectivity index (χ4n) is 2.97. The summed E-state index contributed by atoms with van der Waals surface area (Å²) in [5.74, 6) is -0.271. The van der Waals surface area contributed by atoms with Crippen LogP contribution in [0.5, 0.6) is 0 Å². The van der Waals surface area contributed by atoms with Gasteiger partial charge in [-0.25, -0.2) is 13.1 Å². The lowest BCUT2D eigenvalue weighted by molar-refractivity contribution is 0.0980. The summed E-state index contributed by atoms with van der Waals surface area (Å²) in [5, 5.41) is 0.231.